The van der Waals surface area contributed by atoms with Crippen LogP contribution in [0.3, 0.4) is 0 Å². The van der Waals surface area contributed by atoms with E-state index >= 15 is 0 Å². The van der Waals surface area contributed by atoms with Gasteiger partial charge in [0.25, 0.3) is 0 Å². The molecule has 1 heterocycles. The zero-order chi connectivity index (χ0) is 23.4. The molecule has 0 radical (unpaired) electrons. The molecule has 0 atom stereocenters. The highest BCUT2D eigenvalue weighted by Crippen LogP contribution is 2.29. The summed E-state index contributed by atoms with van der Waals surface area (Å²) < 4.78 is 0. The van der Waals surface area contributed by atoms with Gasteiger partial charge in [-0.3, -0.25) is 0 Å². The molecule has 3 N–H and O–H groups in total. The van der Waals surface area contributed by atoms with Crippen molar-refractivity contribution in [2.45, 2.75) is 70.0 Å². The van der Waals surface area contributed by atoms with Gasteiger partial charge < -0.3 is 20.9 Å². The number of carbonyl (C=O) groups is 1. The minimum Gasteiger partial charge on any atom is -0.362 e. The van der Waals surface area contributed by atoms with Crippen LogP contribution < -0.4 is 20.9 Å². The number of halogens is 2. The number of hydrogen-bond acceptors (Lipinski definition) is 5. The van der Waals surface area contributed by atoms with Crippen molar-refractivity contribution in [3.8, 4) is 0 Å². The van der Waals surface area contributed by atoms with Crippen molar-refractivity contribution in [3.05, 3.63) is 45.1 Å². The number of hydrogen-bond donors (Lipinski definition) is 3. The average Bonchev–Trinajstić information content (AvgIpc) is 2.79. The molecule has 0 saturated heterocycles. The van der Waals surface area contributed by atoms with Gasteiger partial charge in [-0.25, -0.2) is 9.78 Å². The average molecular weight is 491 g/mol. The van der Waals surface area contributed by atoms with E-state index in [-0.39, 0.29) is 12.1 Å². The maximum atomic E-state index is 12.3. The van der Waals surface area contributed by atoms with Crippen LogP contribution in [-0.2, 0) is 19.4 Å². The summed E-state index contributed by atoms with van der Waals surface area (Å²) in [7, 11) is 4.09. The summed E-state index contributed by atoms with van der Waals surface area (Å²) in [5.74, 6) is 1.77. The Morgan fingerprint density at radius 3 is 2.52 bits per heavy atom. The molecule has 2 aliphatic carbocycles. The van der Waals surface area contributed by atoms with E-state index < -0.39 is 0 Å². The summed E-state index contributed by atoms with van der Waals surface area (Å²) in [6.45, 7) is 0.364. The Balaban J connectivity index is 1.26. The second kappa shape index (κ2) is 10.8. The third-order valence-electron chi connectivity index (χ3n) is 6.44. The first kappa shape index (κ1) is 23.9. The molecule has 33 heavy (non-hydrogen) atoms. The highest BCUT2D eigenvalue weighted by molar-refractivity contribution is 6.35. The molecule has 7 nitrogen and oxygen atoms in total. The maximum absolute atomic E-state index is 12.3. The molecule has 1 aromatic heterocycles. The van der Waals surface area contributed by atoms with E-state index in [0.29, 0.717) is 22.6 Å². The van der Waals surface area contributed by atoms with E-state index in [1.54, 1.807) is 12.1 Å². The topological polar surface area (TPSA) is 82.2 Å². The predicted octanol–water partition coefficient (Wildman–Crippen LogP) is 4.95. The van der Waals surface area contributed by atoms with Gasteiger partial charge >= 0.3 is 6.03 Å². The third kappa shape index (κ3) is 6.21. The van der Waals surface area contributed by atoms with Crippen LogP contribution >= 0.6 is 23.2 Å². The molecule has 4 rings (SSSR count). The highest BCUT2D eigenvalue weighted by Gasteiger charge is 2.25. The van der Waals surface area contributed by atoms with Gasteiger partial charge in [0, 0.05) is 48.3 Å². The minimum absolute atomic E-state index is 0.158. The van der Waals surface area contributed by atoms with Gasteiger partial charge in [0.1, 0.15) is 5.82 Å². The second-order valence-corrected chi connectivity index (χ2v) is 10.00. The van der Waals surface area contributed by atoms with E-state index in [1.807, 2.05) is 20.2 Å². The Morgan fingerprint density at radius 1 is 1.06 bits per heavy atom. The second-order valence-electron chi connectivity index (χ2n) is 9.15. The SMILES string of the molecule is CN(C)c1nc(NC2CCC(NC(=O)NCc3ccc(Cl)cc3Cl)CC2)nc2c1CCCC2. The first-order chi connectivity index (χ1) is 15.9. The zero-order valence-corrected chi connectivity index (χ0v) is 20.8. The smallest absolute Gasteiger partial charge is 0.315 e. The van der Waals surface area contributed by atoms with Gasteiger partial charge in [0.15, 0.2) is 0 Å². The quantitative estimate of drug-likeness (QED) is 0.533. The number of nitrogens with one attached hydrogen (secondary N) is 3. The molecule has 0 spiro atoms. The molecule has 178 valence electrons. The Morgan fingerprint density at radius 2 is 1.79 bits per heavy atom. The number of carbonyl (C=O) groups excluding carboxylic acids is 1. The molecule has 0 unspecified atom stereocenters. The molecule has 2 aromatic rings. The summed E-state index contributed by atoms with van der Waals surface area (Å²) >= 11 is 12.1. The number of rotatable bonds is 6. The van der Waals surface area contributed by atoms with E-state index in [9.17, 15) is 4.79 Å². The zero-order valence-electron chi connectivity index (χ0n) is 19.3. The fourth-order valence-corrected chi connectivity index (χ4v) is 5.13. The minimum atomic E-state index is -0.175. The number of urea groups is 1. The molecular weight excluding hydrogens is 459 g/mol. The lowest BCUT2D eigenvalue weighted by Gasteiger charge is -2.30. The number of fused-ring (bicyclic) bond motifs is 1. The summed E-state index contributed by atoms with van der Waals surface area (Å²) in [6, 6.07) is 5.57. The van der Waals surface area contributed by atoms with Crippen LogP contribution in [0.5, 0.6) is 0 Å². The van der Waals surface area contributed by atoms with Crippen LogP contribution in [0.15, 0.2) is 18.2 Å². The summed E-state index contributed by atoms with van der Waals surface area (Å²) in [6.07, 6.45) is 8.25. The molecule has 9 heteroatoms. The molecule has 2 aliphatic rings. The van der Waals surface area contributed by atoms with Crippen LogP contribution in [0.1, 0.15) is 55.3 Å². The van der Waals surface area contributed by atoms with Crippen LogP contribution in [0.25, 0.3) is 0 Å². The normalized spacial score (nSPS) is 20.0. The lowest BCUT2D eigenvalue weighted by Crippen LogP contribution is -2.44. The predicted molar refractivity (Wildman–Crippen MR) is 135 cm³/mol. The molecule has 2 amide bonds. The number of amides is 2. The molecule has 1 saturated carbocycles. The Kier molecular flexibility index (Phi) is 7.81. The van der Waals surface area contributed by atoms with Gasteiger partial charge in [-0.1, -0.05) is 29.3 Å². The monoisotopic (exact) mass is 490 g/mol. The Labute approximate surface area is 205 Å². The van der Waals surface area contributed by atoms with Crippen molar-refractivity contribution in [1.82, 2.24) is 20.6 Å². The van der Waals surface area contributed by atoms with Crippen molar-refractivity contribution in [3.63, 3.8) is 0 Å². The van der Waals surface area contributed by atoms with Crippen molar-refractivity contribution in [2.24, 2.45) is 0 Å². The molecule has 1 fully saturated rings. The Bertz CT molecular complexity index is 991. The number of anilines is 2. The van der Waals surface area contributed by atoms with Gasteiger partial charge in [-0.15, -0.1) is 0 Å². The molecular formula is C24H32Cl2N6O. The fourth-order valence-electron chi connectivity index (χ4n) is 4.65. The summed E-state index contributed by atoms with van der Waals surface area (Å²) in [5, 5.41) is 10.7. The largest absolute Gasteiger partial charge is 0.362 e. The number of benzene rings is 1. The lowest BCUT2D eigenvalue weighted by molar-refractivity contribution is 0.231. The molecule has 0 bridgehead atoms. The lowest BCUT2D eigenvalue weighted by atomic mass is 9.91. The number of aryl methyl sites for hydroxylation is 1. The van der Waals surface area contributed by atoms with E-state index in [4.69, 9.17) is 33.2 Å². The summed E-state index contributed by atoms with van der Waals surface area (Å²) in [4.78, 5) is 24.1. The van der Waals surface area contributed by atoms with Gasteiger partial charge in [-0.2, -0.15) is 4.98 Å². The number of nitrogens with zero attached hydrogens (tertiary/aromatic N) is 3. The summed E-state index contributed by atoms with van der Waals surface area (Å²) in [5.41, 5.74) is 3.33. The number of aromatic nitrogens is 2. The van der Waals surface area contributed by atoms with Crippen LogP contribution in [0.2, 0.25) is 10.0 Å². The highest BCUT2D eigenvalue weighted by atomic mass is 35.5. The van der Waals surface area contributed by atoms with Crippen molar-refractivity contribution in [2.75, 3.05) is 24.3 Å². The van der Waals surface area contributed by atoms with Crippen LogP contribution in [0, 0.1) is 0 Å². The first-order valence-corrected chi connectivity index (χ1v) is 12.5. The Hall–Kier alpha value is -2.25. The van der Waals surface area contributed by atoms with E-state index in [0.717, 1.165) is 55.9 Å². The van der Waals surface area contributed by atoms with Crippen molar-refractivity contribution < 1.29 is 4.79 Å². The van der Waals surface area contributed by atoms with Crippen LogP contribution in [0.4, 0.5) is 16.6 Å². The molecule has 0 aliphatic heterocycles. The fraction of sp³-hybridized carbons (Fsp3) is 0.542. The van der Waals surface area contributed by atoms with E-state index in [2.05, 4.69) is 20.9 Å². The van der Waals surface area contributed by atoms with Crippen molar-refractivity contribution in [1.29, 1.82) is 0 Å². The van der Waals surface area contributed by atoms with Gasteiger partial charge in [0.05, 0.1) is 5.69 Å². The maximum Gasteiger partial charge on any atom is 0.315 e. The van der Waals surface area contributed by atoms with Gasteiger partial charge in [0.2, 0.25) is 5.95 Å². The van der Waals surface area contributed by atoms with Crippen LogP contribution in [-0.4, -0.2) is 42.2 Å². The van der Waals surface area contributed by atoms with Crippen molar-refractivity contribution >= 4 is 41.0 Å². The molecule has 1 aromatic carbocycles. The van der Waals surface area contributed by atoms with Gasteiger partial charge in [-0.05, 0) is 69.1 Å². The first-order valence-electron chi connectivity index (χ1n) is 11.7. The third-order valence-corrected chi connectivity index (χ3v) is 7.02. The standard InChI is InChI=1S/C24H32Cl2N6O/c1-32(2)22-19-5-3-4-6-21(19)30-23(31-22)28-17-9-11-18(12-10-17)29-24(33)27-14-15-7-8-16(25)13-20(15)26/h7-8,13,17-18H,3-6,9-12,14H2,1-2H3,(H2,27,29,33)(H,28,30,31). The van der Waals surface area contributed by atoms with E-state index in [1.165, 1.54) is 24.1 Å².